The van der Waals surface area contributed by atoms with Crippen molar-refractivity contribution in [2.75, 3.05) is 0 Å². The van der Waals surface area contributed by atoms with Crippen LogP contribution in [0.5, 0.6) is 0 Å². The number of allylic oxidation sites excluding steroid dienone is 2. The minimum atomic E-state index is -4.41. The third kappa shape index (κ3) is 4.75. The molecule has 0 saturated heterocycles. The van der Waals surface area contributed by atoms with Gasteiger partial charge in [-0.2, -0.15) is 13.2 Å². The highest BCUT2D eigenvalue weighted by atomic mass is 32.2. The highest BCUT2D eigenvalue weighted by Gasteiger charge is 2.67. The molecule has 0 N–H and O–H groups in total. The molecule has 0 amide bonds. The Bertz CT molecular complexity index is 1180. The zero-order valence-corrected chi connectivity index (χ0v) is 25.7. The van der Waals surface area contributed by atoms with Gasteiger partial charge >= 0.3 is 11.5 Å². The second kappa shape index (κ2) is 10.2. The second-order valence-corrected chi connectivity index (χ2v) is 15.7. The molecule has 0 aromatic heterocycles. The standard InChI is InChI=1S/C34H45F3O3S/c1-30(2)26-15-18-31(3)24-14-20-33(29(38)39-21-22-9-6-5-7-10-22)17-8-11-25(33)23(24)12-13-27(31)32(26,4)19-16-28(30)40-41-34(35,36)37/h5-7,9-10,16,23-27H,8,11-15,17-21H2,1-4H3/t23?,24?,25-,26?,27?,31?,32?,33?/m1/s1. The third-order valence-electron chi connectivity index (χ3n) is 12.9. The van der Waals surface area contributed by atoms with E-state index in [1.165, 1.54) is 0 Å². The highest BCUT2D eigenvalue weighted by Crippen LogP contribution is 2.73. The number of esters is 1. The Morgan fingerprint density at radius 3 is 2.39 bits per heavy atom. The lowest BCUT2D eigenvalue weighted by Crippen LogP contribution is -2.61. The number of ether oxygens (including phenoxy) is 1. The van der Waals surface area contributed by atoms with Crippen LogP contribution in [-0.2, 0) is 20.3 Å². The Labute approximate surface area is 247 Å². The van der Waals surface area contributed by atoms with E-state index in [9.17, 15) is 18.0 Å². The number of hydrogen-bond donors (Lipinski definition) is 0. The Hall–Kier alpha value is -1.63. The summed E-state index contributed by atoms with van der Waals surface area (Å²) in [6.07, 6.45) is 12.3. The average Bonchev–Trinajstić information content (AvgIpc) is 3.37. The Morgan fingerprint density at radius 1 is 0.902 bits per heavy atom. The summed E-state index contributed by atoms with van der Waals surface area (Å²) in [6, 6.07) is 9.97. The van der Waals surface area contributed by atoms with Crippen molar-refractivity contribution in [1.82, 2.24) is 0 Å². The summed E-state index contributed by atoms with van der Waals surface area (Å²) in [6.45, 7) is 9.45. The van der Waals surface area contributed by atoms with E-state index in [0.29, 0.717) is 36.0 Å². The largest absolute Gasteiger partial charge is 0.479 e. The van der Waals surface area contributed by atoms with Crippen LogP contribution in [0.3, 0.4) is 0 Å². The van der Waals surface area contributed by atoms with Gasteiger partial charge in [0.1, 0.15) is 12.4 Å². The number of halogens is 3. The number of carbonyl (C=O) groups excluding carboxylic acids is 1. The van der Waals surface area contributed by atoms with Crippen molar-refractivity contribution in [3.05, 3.63) is 47.7 Å². The van der Waals surface area contributed by atoms with Crippen LogP contribution >= 0.6 is 12.0 Å². The normalized spacial score (nSPS) is 41.2. The highest BCUT2D eigenvalue weighted by molar-refractivity contribution is 7.95. The fourth-order valence-electron chi connectivity index (χ4n) is 11.3. The number of hydrogen-bond acceptors (Lipinski definition) is 4. The second-order valence-electron chi connectivity index (χ2n) is 14.9. The first kappa shape index (κ1) is 29.4. The Kier molecular flexibility index (Phi) is 7.35. The first-order chi connectivity index (χ1) is 19.3. The fraction of sp³-hybridized carbons (Fsp3) is 0.735. The molecule has 41 heavy (non-hydrogen) atoms. The number of benzene rings is 1. The van der Waals surface area contributed by atoms with Crippen LogP contribution in [0.25, 0.3) is 0 Å². The average molecular weight is 591 g/mol. The molecule has 1 aromatic rings. The molecule has 4 fully saturated rings. The molecule has 7 heteroatoms. The zero-order chi connectivity index (χ0) is 29.3. The van der Waals surface area contributed by atoms with Crippen LogP contribution in [0, 0.1) is 51.2 Å². The first-order valence-electron chi connectivity index (χ1n) is 15.7. The minimum absolute atomic E-state index is 0.0219. The monoisotopic (exact) mass is 590 g/mol. The van der Waals surface area contributed by atoms with Crippen LogP contribution in [0.15, 0.2) is 42.2 Å². The smallest absolute Gasteiger partial charge is 0.460 e. The topological polar surface area (TPSA) is 35.5 Å². The maximum Gasteiger partial charge on any atom is 0.479 e. The summed E-state index contributed by atoms with van der Waals surface area (Å²) >= 11 is -0.376. The van der Waals surface area contributed by atoms with Gasteiger partial charge in [0.2, 0.25) is 0 Å². The molecule has 7 unspecified atom stereocenters. The van der Waals surface area contributed by atoms with Crippen molar-refractivity contribution in [2.24, 2.45) is 51.2 Å². The number of carbonyl (C=O) groups is 1. The van der Waals surface area contributed by atoms with E-state index in [4.69, 9.17) is 8.92 Å². The molecule has 4 saturated carbocycles. The molecule has 1 aromatic carbocycles. The van der Waals surface area contributed by atoms with Crippen LogP contribution in [-0.4, -0.2) is 11.5 Å². The van der Waals surface area contributed by atoms with Gasteiger partial charge in [0.25, 0.3) is 0 Å². The molecule has 5 aliphatic carbocycles. The molecule has 226 valence electrons. The van der Waals surface area contributed by atoms with Crippen molar-refractivity contribution >= 4 is 18.0 Å². The zero-order valence-electron chi connectivity index (χ0n) is 24.9. The van der Waals surface area contributed by atoms with Gasteiger partial charge in [-0.25, -0.2) is 0 Å². The number of alkyl halides is 3. The van der Waals surface area contributed by atoms with Gasteiger partial charge in [0, 0.05) is 5.41 Å². The van der Waals surface area contributed by atoms with E-state index < -0.39 is 10.9 Å². The number of fused-ring (bicyclic) bond motifs is 7. The van der Waals surface area contributed by atoms with Crippen LogP contribution in [0.4, 0.5) is 13.2 Å². The molecule has 0 spiro atoms. The molecule has 5 aliphatic rings. The van der Waals surface area contributed by atoms with E-state index in [0.717, 1.165) is 69.8 Å². The van der Waals surface area contributed by atoms with E-state index in [-0.39, 0.29) is 40.2 Å². The van der Waals surface area contributed by atoms with Crippen LogP contribution in [0.2, 0.25) is 0 Å². The Morgan fingerprint density at radius 2 is 1.66 bits per heavy atom. The maximum atomic E-state index is 13.8. The van der Waals surface area contributed by atoms with Gasteiger partial charge in [0.15, 0.2) is 12.0 Å². The predicted molar refractivity (Wildman–Crippen MR) is 155 cm³/mol. The van der Waals surface area contributed by atoms with Gasteiger partial charge in [-0.05, 0) is 110 Å². The van der Waals surface area contributed by atoms with Crippen molar-refractivity contribution < 1.29 is 26.9 Å². The van der Waals surface area contributed by atoms with Crippen molar-refractivity contribution in [1.29, 1.82) is 0 Å². The predicted octanol–water partition coefficient (Wildman–Crippen LogP) is 9.87. The lowest BCUT2D eigenvalue weighted by atomic mass is 9.37. The summed E-state index contributed by atoms with van der Waals surface area (Å²) in [7, 11) is 0. The lowest BCUT2D eigenvalue weighted by molar-refractivity contribution is -0.194. The molecule has 0 radical (unpaired) electrons. The summed E-state index contributed by atoms with van der Waals surface area (Å²) in [4.78, 5) is 13.8. The summed E-state index contributed by atoms with van der Waals surface area (Å²) in [5.74, 6) is 2.83. The molecule has 0 heterocycles. The van der Waals surface area contributed by atoms with Crippen LogP contribution in [0.1, 0.15) is 97.5 Å². The van der Waals surface area contributed by atoms with Crippen molar-refractivity contribution in [3.8, 4) is 0 Å². The van der Waals surface area contributed by atoms with E-state index >= 15 is 0 Å². The SMILES string of the molecule is CC1(C)C(OSC(F)(F)F)=CCC2(C)C1CCC1(C)C3CCC4(C(=O)OCc5ccccc5)CCC[C@@H]4C3CCC12. The van der Waals surface area contributed by atoms with Gasteiger partial charge in [-0.3, -0.25) is 4.79 Å². The Balaban J connectivity index is 1.22. The number of rotatable bonds is 5. The molecule has 8 atom stereocenters. The van der Waals surface area contributed by atoms with Gasteiger partial charge < -0.3 is 8.92 Å². The third-order valence-corrected chi connectivity index (χ3v) is 13.3. The molecule has 3 nitrogen and oxygen atoms in total. The quantitative estimate of drug-likeness (QED) is 0.253. The van der Waals surface area contributed by atoms with Gasteiger partial charge in [-0.1, -0.05) is 64.4 Å². The minimum Gasteiger partial charge on any atom is -0.460 e. The molecule has 0 bridgehead atoms. The van der Waals surface area contributed by atoms with E-state index in [1.807, 2.05) is 36.4 Å². The maximum absolute atomic E-state index is 13.8. The molecule has 6 rings (SSSR count). The summed E-state index contributed by atoms with van der Waals surface area (Å²) in [5, 5.41) is 0. The summed E-state index contributed by atoms with van der Waals surface area (Å²) < 4.78 is 50.3. The van der Waals surface area contributed by atoms with Crippen molar-refractivity contribution in [2.45, 2.75) is 104 Å². The fourth-order valence-corrected chi connectivity index (χ4v) is 11.7. The van der Waals surface area contributed by atoms with E-state index in [1.54, 1.807) is 0 Å². The molecular weight excluding hydrogens is 545 g/mol. The summed E-state index contributed by atoms with van der Waals surface area (Å²) in [5.41, 5.74) is -3.95. The first-order valence-corrected chi connectivity index (χ1v) is 16.4. The molecule has 0 aliphatic heterocycles. The molecular formula is C34H45F3O3S. The lowest BCUT2D eigenvalue weighted by Gasteiger charge is -2.68. The van der Waals surface area contributed by atoms with Gasteiger partial charge in [-0.15, -0.1) is 0 Å². The van der Waals surface area contributed by atoms with E-state index in [2.05, 4.69) is 27.7 Å². The van der Waals surface area contributed by atoms with Gasteiger partial charge in [0.05, 0.1) is 5.41 Å². The van der Waals surface area contributed by atoms with Crippen LogP contribution < -0.4 is 0 Å². The van der Waals surface area contributed by atoms with Crippen molar-refractivity contribution in [3.63, 3.8) is 0 Å².